The van der Waals surface area contributed by atoms with E-state index in [-0.39, 0.29) is 6.42 Å². The SMILES string of the molecule is Cc1nc(C)n2c1C(CCC(=O)O)CCC2. The molecule has 2 heterocycles. The van der Waals surface area contributed by atoms with E-state index in [1.807, 2.05) is 13.8 Å². The van der Waals surface area contributed by atoms with Crippen molar-refractivity contribution in [1.82, 2.24) is 9.55 Å². The van der Waals surface area contributed by atoms with Crippen LogP contribution in [0.2, 0.25) is 0 Å². The summed E-state index contributed by atoms with van der Waals surface area (Å²) in [6.45, 7) is 5.08. The Labute approximate surface area is 95.3 Å². The first-order chi connectivity index (χ1) is 7.59. The van der Waals surface area contributed by atoms with Gasteiger partial charge in [0.25, 0.3) is 0 Å². The molecule has 1 aromatic rings. The number of rotatable bonds is 3. The first-order valence-corrected chi connectivity index (χ1v) is 5.85. The molecule has 0 fully saturated rings. The Bertz CT molecular complexity index is 409. The van der Waals surface area contributed by atoms with E-state index in [2.05, 4.69) is 9.55 Å². The minimum atomic E-state index is -0.703. The maximum Gasteiger partial charge on any atom is 0.303 e. The second-order valence-corrected chi connectivity index (χ2v) is 4.55. The van der Waals surface area contributed by atoms with Gasteiger partial charge >= 0.3 is 5.97 Å². The molecule has 88 valence electrons. The van der Waals surface area contributed by atoms with Crippen molar-refractivity contribution in [3.63, 3.8) is 0 Å². The third-order valence-electron chi connectivity index (χ3n) is 3.41. The van der Waals surface area contributed by atoms with Gasteiger partial charge in [-0.1, -0.05) is 0 Å². The van der Waals surface area contributed by atoms with Gasteiger partial charge in [0.1, 0.15) is 5.82 Å². The van der Waals surface area contributed by atoms with Crippen LogP contribution >= 0.6 is 0 Å². The molecule has 2 rings (SSSR count). The number of fused-ring (bicyclic) bond motifs is 1. The second-order valence-electron chi connectivity index (χ2n) is 4.55. The molecular formula is C12H18N2O2. The fourth-order valence-corrected chi connectivity index (χ4v) is 2.74. The summed E-state index contributed by atoms with van der Waals surface area (Å²) >= 11 is 0. The monoisotopic (exact) mass is 222 g/mol. The van der Waals surface area contributed by atoms with Crippen LogP contribution in [0, 0.1) is 13.8 Å². The van der Waals surface area contributed by atoms with Crippen molar-refractivity contribution in [2.24, 2.45) is 0 Å². The van der Waals surface area contributed by atoms with Gasteiger partial charge < -0.3 is 9.67 Å². The number of nitrogens with zero attached hydrogens (tertiary/aromatic N) is 2. The molecule has 0 aliphatic carbocycles. The lowest BCUT2D eigenvalue weighted by Gasteiger charge is -2.25. The van der Waals surface area contributed by atoms with Crippen LogP contribution in [0.4, 0.5) is 0 Å². The molecule has 0 saturated heterocycles. The molecule has 0 saturated carbocycles. The van der Waals surface area contributed by atoms with Crippen LogP contribution in [0.1, 0.15) is 48.8 Å². The zero-order valence-corrected chi connectivity index (χ0v) is 9.86. The number of aromatic nitrogens is 2. The van der Waals surface area contributed by atoms with Gasteiger partial charge in [-0.2, -0.15) is 0 Å². The van der Waals surface area contributed by atoms with E-state index in [1.165, 1.54) is 5.69 Å². The highest BCUT2D eigenvalue weighted by Gasteiger charge is 2.25. The zero-order chi connectivity index (χ0) is 11.7. The van der Waals surface area contributed by atoms with Gasteiger partial charge in [-0.15, -0.1) is 0 Å². The molecule has 0 aromatic carbocycles. The highest BCUT2D eigenvalue weighted by molar-refractivity contribution is 5.66. The quantitative estimate of drug-likeness (QED) is 0.853. The molecule has 0 radical (unpaired) electrons. The molecule has 16 heavy (non-hydrogen) atoms. The van der Waals surface area contributed by atoms with Gasteiger partial charge in [0, 0.05) is 24.6 Å². The van der Waals surface area contributed by atoms with Crippen molar-refractivity contribution in [2.75, 3.05) is 0 Å². The van der Waals surface area contributed by atoms with Gasteiger partial charge in [-0.05, 0) is 33.1 Å². The number of carbonyl (C=O) groups is 1. The van der Waals surface area contributed by atoms with Crippen molar-refractivity contribution in [2.45, 2.75) is 52.0 Å². The average molecular weight is 222 g/mol. The third-order valence-corrected chi connectivity index (χ3v) is 3.41. The number of carboxylic acids is 1. The predicted molar refractivity (Wildman–Crippen MR) is 60.5 cm³/mol. The summed E-state index contributed by atoms with van der Waals surface area (Å²) < 4.78 is 2.26. The van der Waals surface area contributed by atoms with Crippen molar-refractivity contribution in [3.05, 3.63) is 17.2 Å². The fraction of sp³-hybridized carbons (Fsp3) is 0.667. The smallest absolute Gasteiger partial charge is 0.303 e. The minimum absolute atomic E-state index is 0.258. The largest absolute Gasteiger partial charge is 0.481 e. The Kier molecular flexibility index (Phi) is 2.99. The molecule has 1 aliphatic heterocycles. The summed E-state index contributed by atoms with van der Waals surface area (Å²) in [5.41, 5.74) is 2.34. The third kappa shape index (κ3) is 1.96. The van der Waals surface area contributed by atoms with E-state index in [4.69, 9.17) is 5.11 Å². The van der Waals surface area contributed by atoms with Gasteiger partial charge in [0.2, 0.25) is 0 Å². The maximum absolute atomic E-state index is 10.6. The predicted octanol–water partition coefficient (Wildman–Crippen LogP) is 2.24. The lowest BCUT2D eigenvalue weighted by atomic mass is 9.90. The van der Waals surface area contributed by atoms with E-state index in [1.54, 1.807) is 0 Å². The first-order valence-electron chi connectivity index (χ1n) is 5.85. The molecule has 4 heteroatoms. The van der Waals surface area contributed by atoms with E-state index in [9.17, 15) is 4.79 Å². The second kappa shape index (κ2) is 4.28. The summed E-state index contributed by atoms with van der Waals surface area (Å²) in [5, 5.41) is 8.74. The molecule has 0 spiro atoms. The van der Waals surface area contributed by atoms with E-state index < -0.39 is 5.97 Å². The van der Waals surface area contributed by atoms with Gasteiger partial charge in [-0.3, -0.25) is 4.79 Å². The van der Waals surface area contributed by atoms with Crippen molar-refractivity contribution < 1.29 is 9.90 Å². The molecule has 4 nitrogen and oxygen atoms in total. The molecule has 1 N–H and O–H groups in total. The Hall–Kier alpha value is -1.32. The fourth-order valence-electron chi connectivity index (χ4n) is 2.74. The van der Waals surface area contributed by atoms with Crippen molar-refractivity contribution >= 4 is 5.97 Å². The Balaban J connectivity index is 2.22. The van der Waals surface area contributed by atoms with Crippen LogP contribution in [0.25, 0.3) is 0 Å². The van der Waals surface area contributed by atoms with E-state index in [0.29, 0.717) is 5.92 Å². The Morgan fingerprint density at radius 1 is 1.56 bits per heavy atom. The molecular weight excluding hydrogens is 204 g/mol. The lowest BCUT2D eigenvalue weighted by Crippen LogP contribution is -2.17. The lowest BCUT2D eigenvalue weighted by molar-refractivity contribution is -0.137. The zero-order valence-electron chi connectivity index (χ0n) is 9.86. The molecule has 1 unspecified atom stereocenters. The first kappa shape index (κ1) is 11.2. The van der Waals surface area contributed by atoms with Crippen LogP contribution in [0.3, 0.4) is 0 Å². The summed E-state index contributed by atoms with van der Waals surface area (Å²) in [6.07, 6.45) is 3.23. The average Bonchev–Trinajstić information content (AvgIpc) is 2.52. The van der Waals surface area contributed by atoms with Crippen molar-refractivity contribution in [3.8, 4) is 0 Å². The van der Waals surface area contributed by atoms with Crippen LogP contribution in [-0.4, -0.2) is 20.6 Å². The van der Waals surface area contributed by atoms with Crippen molar-refractivity contribution in [1.29, 1.82) is 0 Å². The number of aryl methyl sites for hydroxylation is 2. The highest BCUT2D eigenvalue weighted by atomic mass is 16.4. The van der Waals surface area contributed by atoms with Crippen LogP contribution in [0.5, 0.6) is 0 Å². The van der Waals surface area contributed by atoms with Crippen LogP contribution in [-0.2, 0) is 11.3 Å². The number of carboxylic acid groups (broad SMARTS) is 1. The normalized spacial score (nSPS) is 19.5. The van der Waals surface area contributed by atoms with E-state index >= 15 is 0 Å². The number of aliphatic carboxylic acids is 1. The minimum Gasteiger partial charge on any atom is -0.481 e. The topological polar surface area (TPSA) is 55.1 Å². The van der Waals surface area contributed by atoms with Crippen LogP contribution in [0.15, 0.2) is 0 Å². The Morgan fingerprint density at radius 3 is 3.00 bits per heavy atom. The van der Waals surface area contributed by atoms with Gasteiger partial charge in [-0.25, -0.2) is 4.98 Å². The highest BCUT2D eigenvalue weighted by Crippen LogP contribution is 2.33. The molecule has 1 aromatic heterocycles. The Morgan fingerprint density at radius 2 is 2.31 bits per heavy atom. The van der Waals surface area contributed by atoms with E-state index in [0.717, 1.165) is 37.3 Å². The number of hydrogen-bond acceptors (Lipinski definition) is 2. The summed E-state index contributed by atoms with van der Waals surface area (Å²) in [7, 11) is 0. The molecule has 1 atom stereocenters. The number of hydrogen-bond donors (Lipinski definition) is 1. The van der Waals surface area contributed by atoms with Gasteiger partial charge in [0.05, 0.1) is 5.69 Å². The van der Waals surface area contributed by atoms with Gasteiger partial charge in [0.15, 0.2) is 0 Å². The maximum atomic E-state index is 10.6. The van der Waals surface area contributed by atoms with Crippen LogP contribution < -0.4 is 0 Å². The standard InChI is InChI=1S/C12H18N2O2/c1-8-12-10(5-6-11(15)16)4-3-7-14(12)9(2)13-8/h10H,3-7H2,1-2H3,(H,15,16). The molecule has 0 bridgehead atoms. The summed E-state index contributed by atoms with van der Waals surface area (Å²) in [5.74, 6) is 0.740. The number of imidazole rings is 1. The molecule has 1 aliphatic rings. The summed E-state index contributed by atoms with van der Waals surface area (Å²) in [4.78, 5) is 15.1. The molecule has 0 amide bonds. The summed E-state index contributed by atoms with van der Waals surface area (Å²) in [6, 6.07) is 0.